The molecular weight excluding hydrogens is 263 g/mol. The first-order valence-corrected chi connectivity index (χ1v) is 7.52. The minimum atomic E-state index is -0.211. The highest BCUT2D eigenvalue weighted by atomic mass is 35.5. The van der Waals surface area contributed by atoms with Gasteiger partial charge in [-0.2, -0.15) is 0 Å². The Morgan fingerprint density at radius 2 is 1.95 bits per heavy atom. The molecule has 1 heterocycles. The van der Waals surface area contributed by atoms with Gasteiger partial charge in [-0.15, -0.1) is 11.6 Å². The predicted molar refractivity (Wildman–Crippen MR) is 79.5 cm³/mol. The molecule has 0 radical (unpaired) electrons. The molecule has 2 nitrogen and oxygen atoms in total. The average molecular weight is 285 g/mol. The van der Waals surface area contributed by atoms with Gasteiger partial charge in [-0.25, -0.2) is 4.39 Å². The Balaban J connectivity index is 2.05. The lowest BCUT2D eigenvalue weighted by Gasteiger charge is -2.39. The third-order valence-electron chi connectivity index (χ3n) is 4.05. The molecular formula is C15H22ClFN2. The first kappa shape index (κ1) is 14.6. The molecule has 19 heavy (non-hydrogen) atoms. The smallest absolute Gasteiger partial charge is 0.123 e. The number of rotatable bonds is 4. The molecule has 1 fully saturated rings. The summed E-state index contributed by atoms with van der Waals surface area (Å²) >= 11 is 5.92. The number of hydrogen-bond acceptors (Lipinski definition) is 2. The van der Waals surface area contributed by atoms with Crippen LogP contribution in [0.25, 0.3) is 0 Å². The van der Waals surface area contributed by atoms with Crippen LogP contribution in [0, 0.1) is 5.82 Å². The molecule has 0 aliphatic carbocycles. The minimum Gasteiger partial charge on any atom is -0.369 e. The van der Waals surface area contributed by atoms with E-state index in [2.05, 4.69) is 23.6 Å². The van der Waals surface area contributed by atoms with Gasteiger partial charge in [-0.1, -0.05) is 6.92 Å². The maximum Gasteiger partial charge on any atom is 0.123 e. The van der Waals surface area contributed by atoms with Crippen LogP contribution < -0.4 is 4.90 Å². The van der Waals surface area contributed by atoms with Gasteiger partial charge in [0.05, 0.1) is 0 Å². The lowest BCUT2D eigenvalue weighted by atomic mass is 10.1. The van der Waals surface area contributed by atoms with Gasteiger partial charge in [0.25, 0.3) is 0 Å². The fourth-order valence-electron chi connectivity index (χ4n) is 2.63. The Morgan fingerprint density at radius 3 is 2.53 bits per heavy atom. The molecule has 1 aliphatic heterocycles. The van der Waals surface area contributed by atoms with Crippen LogP contribution in [0.2, 0.25) is 0 Å². The molecule has 0 spiro atoms. The van der Waals surface area contributed by atoms with E-state index in [4.69, 9.17) is 11.6 Å². The zero-order chi connectivity index (χ0) is 13.8. The van der Waals surface area contributed by atoms with Crippen molar-refractivity contribution in [2.75, 3.05) is 31.1 Å². The zero-order valence-corrected chi connectivity index (χ0v) is 12.5. The van der Waals surface area contributed by atoms with Gasteiger partial charge in [-0.3, -0.25) is 4.90 Å². The van der Waals surface area contributed by atoms with E-state index in [-0.39, 0.29) is 5.82 Å². The minimum absolute atomic E-state index is 0.211. The summed E-state index contributed by atoms with van der Waals surface area (Å²) in [4.78, 5) is 4.83. The lowest BCUT2D eigenvalue weighted by Crippen LogP contribution is -2.49. The summed E-state index contributed by atoms with van der Waals surface area (Å²) in [6, 6.07) is 5.56. The Bertz CT molecular complexity index is 417. The number of anilines is 1. The average Bonchev–Trinajstić information content (AvgIpc) is 2.46. The molecule has 1 atom stereocenters. The van der Waals surface area contributed by atoms with Gasteiger partial charge in [0.2, 0.25) is 0 Å². The van der Waals surface area contributed by atoms with E-state index in [1.54, 1.807) is 6.07 Å². The summed E-state index contributed by atoms with van der Waals surface area (Å²) in [5.74, 6) is 0.149. The highest BCUT2D eigenvalue weighted by molar-refractivity contribution is 6.17. The quantitative estimate of drug-likeness (QED) is 0.781. The molecule has 1 unspecified atom stereocenters. The third kappa shape index (κ3) is 3.40. The number of alkyl halides is 1. The van der Waals surface area contributed by atoms with Crippen LogP contribution in [0.1, 0.15) is 25.8 Å². The third-order valence-corrected chi connectivity index (χ3v) is 4.34. The number of halogens is 2. The van der Waals surface area contributed by atoms with Gasteiger partial charge in [0, 0.05) is 43.8 Å². The van der Waals surface area contributed by atoms with Crippen LogP contribution in [0.5, 0.6) is 0 Å². The van der Waals surface area contributed by atoms with Crippen molar-refractivity contribution in [1.82, 2.24) is 4.90 Å². The summed E-state index contributed by atoms with van der Waals surface area (Å²) in [7, 11) is 0. The Morgan fingerprint density at radius 1 is 1.26 bits per heavy atom. The molecule has 1 aromatic rings. The lowest BCUT2D eigenvalue weighted by molar-refractivity contribution is 0.193. The summed E-state index contributed by atoms with van der Waals surface area (Å²) in [5.41, 5.74) is 1.97. The van der Waals surface area contributed by atoms with Crippen molar-refractivity contribution in [3.63, 3.8) is 0 Å². The second-order valence-corrected chi connectivity index (χ2v) is 5.45. The van der Waals surface area contributed by atoms with E-state index in [9.17, 15) is 4.39 Å². The van der Waals surface area contributed by atoms with E-state index < -0.39 is 0 Å². The molecule has 2 rings (SSSR count). The van der Waals surface area contributed by atoms with E-state index in [1.807, 2.05) is 6.07 Å². The Hall–Kier alpha value is -0.800. The van der Waals surface area contributed by atoms with Crippen molar-refractivity contribution < 1.29 is 4.39 Å². The van der Waals surface area contributed by atoms with Gasteiger partial charge >= 0.3 is 0 Å². The zero-order valence-electron chi connectivity index (χ0n) is 11.7. The molecule has 1 saturated heterocycles. The van der Waals surface area contributed by atoms with E-state index >= 15 is 0 Å². The molecule has 0 bridgehead atoms. The standard InChI is InChI=1S/C15H22ClFN2/c1-3-12(2)18-6-8-19(9-7-18)15-5-4-14(17)10-13(15)11-16/h4-5,10,12H,3,6-9,11H2,1-2H3. The molecule has 1 aliphatic rings. The Kier molecular flexibility index (Phi) is 5.06. The fraction of sp³-hybridized carbons (Fsp3) is 0.600. The maximum absolute atomic E-state index is 13.2. The van der Waals surface area contributed by atoms with Crippen molar-refractivity contribution >= 4 is 17.3 Å². The predicted octanol–water partition coefficient (Wildman–Crippen LogP) is 3.49. The highest BCUT2D eigenvalue weighted by Gasteiger charge is 2.21. The largest absolute Gasteiger partial charge is 0.369 e. The SMILES string of the molecule is CCC(C)N1CCN(c2ccc(F)cc2CCl)CC1. The topological polar surface area (TPSA) is 6.48 Å². The van der Waals surface area contributed by atoms with E-state index in [0.717, 1.165) is 37.4 Å². The van der Waals surface area contributed by atoms with Gasteiger partial charge < -0.3 is 4.90 Å². The summed E-state index contributed by atoms with van der Waals surface area (Å²) < 4.78 is 13.2. The Labute approximate surface area is 120 Å². The summed E-state index contributed by atoms with van der Waals surface area (Å²) in [6.07, 6.45) is 1.18. The number of piperazine rings is 1. The van der Waals surface area contributed by atoms with Crippen LogP contribution in [-0.4, -0.2) is 37.1 Å². The van der Waals surface area contributed by atoms with Gasteiger partial charge in [-0.05, 0) is 37.1 Å². The van der Waals surface area contributed by atoms with E-state index in [1.165, 1.54) is 12.5 Å². The normalized spacial score (nSPS) is 18.6. The van der Waals surface area contributed by atoms with Crippen molar-refractivity contribution in [2.45, 2.75) is 32.2 Å². The first-order chi connectivity index (χ1) is 9.15. The number of hydrogen-bond donors (Lipinski definition) is 0. The van der Waals surface area contributed by atoms with Crippen molar-refractivity contribution in [1.29, 1.82) is 0 Å². The molecule has 106 valence electrons. The second kappa shape index (κ2) is 6.58. The molecule has 4 heteroatoms. The summed E-state index contributed by atoms with van der Waals surface area (Å²) in [6.45, 7) is 8.60. The molecule has 0 aromatic heterocycles. The number of nitrogens with zero attached hydrogens (tertiary/aromatic N) is 2. The van der Waals surface area contributed by atoms with Crippen LogP contribution in [-0.2, 0) is 5.88 Å². The van der Waals surface area contributed by atoms with Gasteiger partial charge in [0.15, 0.2) is 0 Å². The molecule has 0 saturated carbocycles. The molecule has 1 aromatic carbocycles. The van der Waals surface area contributed by atoms with Crippen molar-refractivity contribution in [2.24, 2.45) is 0 Å². The highest BCUT2D eigenvalue weighted by Crippen LogP contribution is 2.25. The van der Waals surface area contributed by atoms with Crippen LogP contribution in [0.4, 0.5) is 10.1 Å². The molecule has 0 amide bonds. The van der Waals surface area contributed by atoms with E-state index in [0.29, 0.717) is 11.9 Å². The fourth-order valence-corrected chi connectivity index (χ4v) is 2.85. The first-order valence-electron chi connectivity index (χ1n) is 6.99. The molecule has 0 N–H and O–H groups in total. The number of benzene rings is 1. The second-order valence-electron chi connectivity index (χ2n) is 5.19. The maximum atomic E-state index is 13.2. The van der Waals surface area contributed by atoms with Crippen molar-refractivity contribution in [3.8, 4) is 0 Å². The van der Waals surface area contributed by atoms with Gasteiger partial charge in [0.1, 0.15) is 5.82 Å². The summed E-state index contributed by atoms with van der Waals surface area (Å²) in [5, 5.41) is 0. The van der Waals surface area contributed by atoms with Crippen molar-refractivity contribution in [3.05, 3.63) is 29.6 Å². The van der Waals surface area contributed by atoms with Crippen LogP contribution in [0.15, 0.2) is 18.2 Å². The van der Waals surface area contributed by atoms with Crippen LogP contribution >= 0.6 is 11.6 Å². The van der Waals surface area contributed by atoms with Crippen LogP contribution in [0.3, 0.4) is 0 Å². The monoisotopic (exact) mass is 284 g/mol.